The molecule has 3 aromatic rings. The second-order valence-corrected chi connectivity index (χ2v) is 5.16. The first kappa shape index (κ1) is 15.7. The second kappa shape index (κ2) is 6.54. The van der Waals surface area contributed by atoms with Gasteiger partial charge in [0.2, 0.25) is 5.88 Å². The molecule has 1 heterocycles. The van der Waals surface area contributed by atoms with E-state index in [-0.39, 0.29) is 5.82 Å². The van der Waals surface area contributed by atoms with Gasteiger partial charge in [0.25, 0.3) is 0 Å². The number of fused-ring (bicyclic) bond motifs is 1. The number of aliphatic carboxylic acids is 1. The van der Waals surface area contributed by atoms with Gasteiger partial charge in [-0.3, -0.25) is 0 Å². The van der Waals surface area contributed by atoms with Crippen LogP contribution in [0.5, 0.6) is 17.4 Å². The minimum absolute atomic E-state index is 0.334. The van der Waals surface area contributed by atoms with Gasteiger partial charge in [0.05, 0.1) is 5.52 Å². The van der Waals surface area contributed by atoms with Crippen LogP contribution in [0.25, 0.3) is 10.9 Å². The fraction of sp³-hybridized carbons (Fsp3) is 0.111. The van der Waals surface area contributed by atoms with Crippen molar-refractivity contribution in [3.05, 3.63) is 60.4 Å². The number of hydrogen-bond acceptors (Lipinski definition) is 4. The first-order valence-corrected chi connectivity index (χ1v) is 7.25. The van der Waals surface area contributed by atoms with Gasteiger partial charge in [-0.2, -0.15) is 0 Å². The summed E-state index contributed by atoms with van der Waals surface area (Å²) < 4.78 is 24.1. The molecular formula is C18H14FNO4. The van der Waals surface area contributed by atoms with Crippen LogP contribution in [-0.2, 0) is 4.79 Å². The molecule has 0 saturated carbocycles. The predicted octanol–water partition coefficient (Wildman–Crippen LogP) is 4.02. The minimum Gasteiger partial charge on any atom is -0.479 e. The van der Waals surface area contributed by atoms with E-state index >= 15 is 0 Å². The lowest BCUT2D eigenvalue weighted by Crippen LogP contribution is -2.22. The van der Waals surface area contributed by atoms with E-state index in [1.54, 1.807) is 42.5 Å². The average molecular weight is 327 g/mol. The SMILES string of the molecule is CC(Oc1ccc(Oc2ccc3ccc(F)cc3n2)cc1)C(=O)O. The van der Waals surface area contributed by atoms with Crippen molar-refractivity contribution >= 4 is 16.9 Å². The van der Waals surface area contributed by atoms with Gasteiger partial charge < -0.3 is 14.6 Å². The van der Waals surface area contributed by atoms with Gasteiger partial charge >= 0.3 is 5.97 Å². The molecule has 2 aromatic carbocycles. The van der Waals surface area contributed by atoms with Crippen LogP contribution in [0.15, 0.2) is 54.6 Å². The van der Waals surface area contributed by atoms with Gasteiger partial charge in [-0.15, -0.1) is 0 Å². The third kappa shape index (κ3) is 3.60. The van der Waals surface area contributed by atoms with E-state index in [1.807, 2.05) is 0 Å². The Morgan fingerprint density at radius 3 is 2.46 bits per heavy atom. The van der Waals surface area contributed by atoms with Crippen molar-refractivity contribution in [3.63, 3.8) is 0 Å². The Balaban J connectivity index is 1.75. The van der Waals surface area contributed by atoms with Crippen LogP contribution in [0, 0.1) is 5.82 Å². The highest BCUT2D eigenvalue weighted by atomic mass is 19.1. The van der Waals surface area contributed by atoms with E-state index in [9.17, 15) is 9.18 Å². The standard InChI is InChI=1S/C18H14FNO4/c1-11(18(21)22)23-14-5-7-15(8-6-14)24-17-9-3-12-2-4-13(19)10-16(12)20-17/h2-11H,1H3,(H,21,22). The molecule has 0 aliphatic heterocycles. The Kier molecular flexibility index (Phi) is 4.29. The highest BCUT2D eigenvalue weighted by Crippen LogP contribution is 2.25. The van der Waals surface area contributed by atoms with Crippen molar-refractivity contribution in [1.82, 2.24) is 4.98 Å². The molecule has 6 heteroatoms. The Morgan fingerprint density at radius 1 is 1.08 bits per heavy atom. The van der Waals surface area contributed by atoms with Crippen molar-refractivity contribution in [3.8, 4) is 17.4 Å². The van der Waals surface area contributed by atoms with E-state index in [2.05, 4.69) is 4.98 Å². The average Bonchev–Trinajstić information content (AvgIpc) is 2.56. The number of pyridine rings is 1. The predicted molar refractivity (Wildman–Crippen MR) is 85.9 cm³/mol. The number of nitrogens with zero attached hydrogens (tertiary/aromatic N) is 1. The highest BCUT2D eigenvalue weighted by molar-refractivity contribution is 5.79. The number of aromatic nitrogens is 1. The summed E-state index contributed by atoms with van der Waals surface area (Å²) in [5, 5.41) is 9.63. The maximum Gasteiger partial charge on any atom is 0.344 e. The molecule has 1 N–H and O–H groups in total. The summed E-state index contributed by atoms with van der Waals surface area (Å²) in [4.78, 5) is 15.0. The minimum atomic E-state index is -1.04. The van der Waals surface area contributed by atoms with Gasteiger partial charge in [0.1, 0.15) is 17.3 Å². The smallest absolute Gasteiger partial charge is 0.344 e. The molecule has 0 aliphatic rings. The number of hydrogen-bond donors (Lipinski definition) is 1. The van der Waals surface area contributed by atoms with Crippen molar-refractivity contribution in [1.29, 1.82) is 0 Å². The molecule has 0 bridgehead atoms. The Labute approximate surface area is 137 Å². The van der Waals surface area contributed by atoms with Crippen LogP contribution in [-0.4, -0.2) is 22.2 Å². The number of carboxylic acid groups (broad SMARTS) is 1. The summed E-state index contributed by atoms with van der Waals surface area (Å²) in [6, 6.07) is 14.3. The number of halogens is 1. The molecule has 0 aliphatic carbocycles. The third-order valence-corrected chi connectivity index (χ3v) is 3.34. The zero-order valence-corrected chi connectivity index (χ0v) is 12.8. The number of rotatable bonds is 5. The molecule has 0 fully saturated rings. The maximum atomic E-state index is 13.3. The molecule has 5 nitrogen and oxygen atoms in total. The third-order valence-electron chi connectivity index (χ3n) is 3.34. The van der Waals surface area contributed by atoms with E-state index in [1.165, 1.54) is 19.1 Å². The van der Waals surface area contributed by atoms with Gasteiger partial charge in [0, 0.05) is 17.5 Å². The summed E-state index contributed by atoms with van der Waals surface area (Å²) in [6.45, 7) is 1.45. The first-order valence-electron chi connectivity index (χ1n) is 7.25. The van der Waals surface area contributed by atoms with Gasteiger partial charge in [-0.25, -0.2) is 14.2 Å². The van der Waals surface area contributed by atoms with Gasteiger partial charge in [-0.1, -0.05) is 0 Å². The van der Waals surface area contributed by atoms with Crippen molar-refractivity contribution in [2.75, 3.05) is 0 Å². The fourth-order valence-electron chi connectivity index (χ4n) is 2.09. The summed E-state index contributed by atoms with van der Waals surface area (Å²) in [5.41, 5.74) is 0.503. The van der Waals surface area contributed by atoms with E-state index in [0.717, 1.165) is 5.39 Å². The number of carboxylic acids is 1. The highest BCUT2D eigenvalue weighted by Gasteiger charge is 2.12. The maximum absolute atomic E-state index is 13.3. The largest absolute Gasteiger partial charge is 0.479 e. The molecule has 1 aromatic heterocycles. The normalized spacial score (nSPS) is 11.9. The Hall–Kier alpha value is -3.15. The van der Waals surface area contributed by atoms with Crippen LogP contribution in [0.3, 0.4) is 0 Å². The number of carbonyl (C=O) groups is 1. The van der Waals surface area contributed by atoms with E-state index in [0.29, 0.717) is 22.9 Å². The zero-order chi connectivity index (χ0) is 17.1. The van der Waals surface area contributed by atoms with E-state index in [4.69, 9.17) is 14.6 Å². The van der Waals surface area contributed by atoms with Crippen molar-refractivity contribution in [2.45, 2.75) is 13.0 Å². The fourth-order valence-corrected chi connectivity index (χ4v) is 2.09. The summed E-state index contributed by atoms with van der Waals surface area (Å²) in [7, 11) is 0. The lowest BCUT2D eigenvalue weighted by molar-refractivity contribution is -0.144. The van der Waals surface area contributed by atoms with Crippen molar-refractivity contribution in [2.24, 2.45) is 0 Å². The molecule has 0 radical (unpaired) electrons. The zero-order valence-electron chi connectivity index (χ0n) is 12.8. The quantitative estimate of drug-likeness (QED) is 0.766. The van der Waals surface area contributed by atoms with Gasteiger partial charge in [-0.05, 0) is 49.4 Å². The Morgan fingerprint density at radius 2 is 1.75 bits per heavy atom. The van der Waals surface area contributed by atoms with E-state index < -0.39 is 12.1 Å². The van der Waals surface area contributed by atoms with Crippen LogP contribution < -0.4 is 9.47 Å². The lowest BCUT2D eigenvalue weighted by atomic mass is 10.2. The van der Waals surface area contributed by atoms with Crippen LogP contribution >= 0.6 is 0 Å². The van der Waals surface area contributed by atoms with Gasteiger partial charge in [0.15, 0.2) is 6.10 Å². The first-order chi connectivity index (χ1) is 11.5. The molecule has 0 amide bonds. The summed E-state index contributed by atoms with van der Waals surface area (Å²) >= 11 is 0. The second-order valence-electron chi connectivity index (χ2n) is 5.16. The monoisotopic (exact) mass is 327 g/mol. The number of ether oxygens (including phenoxy) is 2. The molecule has 1 atom stereocenters. The molecule has 24 heavy (non-hydrogen) atoms. The summed E-state index contributed by atoms with van der Waals surface area (Å²) in [6.07, 6.45) is -0.936. The lowest BCUT2D eigenvalue weighted by Gasteiger charge is -2.11. The van der Waals surface area contributed by atoms with Crippen LogP contribution in [0.1, 0.15) is 6.92 Å². The molecule has 122 valence electrons. The molecular weight excluding hydrogens is 313 g/mol. The molecule has 1 unspecified atom stereocenters. The Bertz CT molecular complexity index is 880. The van der Waals surface area contributed by atoms with Crippen LogP contribution in [0.4, 0.5) is 4.39 Å². The molecule has 0 spiro atoms. The molecule has 0 saturated heterocycles. The molecule has 3 rings (SSSR count). The van der Waals surface area contributed by atoms with Crippen LogP contribution in [0.2, 0.25) is 0 Å². The topological polar surface area (TPSA) is 68.7 Å². The van der Waals surface area contributed by atoms with Crippen molar-refractivity contribution < 1.29 is 23.8 Å². The number of benzene rings is 2. The summed E-state index contributed by atoms with van der Waals surface area (Å²) in [5.74, 6) is -0.135.